The van der Waals surface area contributed by atoms with Crippen LogP contribution in [-0.2, 0) is 6.54 Å². The highest BCUT2D eigenvalue weighted by atomic mass is 16.2. The maximum absolute atomic E-state index is 12.2. The lowest BCUT2D eigenvalue weighted by Crippen LogP contribution is -2.35. The highest BCUT2D eigenvalue weighted by Gasteiger charge is 2.22. The normalized spacial score (nSPS) is 17.2. The van der Waals surface area contributed by atoms with Crippen LogP contribution < -0.4 is 10.6 Å². The quantitative estimate of drug-likeness (QED) is 0.761. The molecule has 3 aromatic heterocycles. The van der Waals surface area contributed by atoms with Crippen LogP contribution in [0.1, 0.15) is 24.6 Å². The molecule has 0 saturated carbocycles. The van der Waals surface area contributed by atoms with Gasteiger partial charge in [0.1, 0.15) is 0 Å². The first kappa shape index (κ1) is 12.9. The fourth-order valence-electron chi connectivity index (χ4n) is 2.87. The number of rotatable bonds is 2. The summed E-state index contributed by atoms with van der Waals surface area (Å²) in [6.07, 6.45) is 5.55. The number of carbonyl (C=O) groups is 1. The minimum atomic E-state index is -0.247. The Kier molecular flexibility index (Phi) is 3.03. The van der Waals surface area contributed by atoms with Gasteiger partial charge in [0.2, 0.25) is 0 Å². The molecule has 3 aromatic rings. The van der Waals surface area contributed by atoms with Gasteiger partial charge in [-0.15, -0.1) is 5.10 Å². The van der Waals surface area contributed by atoms with Gasteiger partial charge in [-0.1, -0.05) is 6.07 Å². The standard InChI is InChI=1S/C15H16N6O/c22-15(17-12-5-3-9-21-13(12)6-7-16-21)18-14-10-11-4-1-2-8-20(11)19-14/h1-2,4,6-8,10,12H,3,5,9H2,(H2,17,18,19,22). The molecule has 1 aliphatic rings. The van der Waals surface area contributed by atoms with Crippen LogP contribution in [0.15, 0.2) is 42.7 Å². The number of amides is 2. The largest absolute Gasteiger partial charge is 0.329 e. The zero-order valence-corrected chi connectivity index (χ0v) is 11.9. The lowest BCUT2D eigenvalue weighted by atomic mass is 10.0. The molecule has 1 atom stereocenters. The zero-order chi connectivity index (χ0) is 14.9. The minimum absolute atomic E-state index is 0.00622. The van der Waals surface area contributed by atoms with E-state index in [0.717, 1.165) is 30.6 Å². The number of anilines is 1. The summed E-state index contributed by atoms with van der Waals surface area (Å²) in [5, 5.41) is 14.3. The summed E-state index contributed by atoms with van der Waals surface area (Å²) in [6, 6.07) is 9.31. The molecular weight excluding hydrogens is 280 g/mol. The second kappa shape index (κ2) is 5.18. The highest BCUT2D eigenvalue weighted by molar-refractivity contribution is 5.89. The number of urea groups is 1. The third-order valence-corrected chi connectivity index (χ3v) is 3.89. The number of hydrogen-bond acceptors (Lipinski definition) is 3. The van der Waals surface area contributed by atoms with Gasteiger partial charge in [-0.2, -0.15) is 5.10 Å². The van der Waals surface area contributed by atoms with E-state index < -0.39 is 0 Å². The van der Waals surface area contributed by atoms with Gasteiger partial charge in [0.25, 0.3) is 0 Å². The molecule has 2 amide bonds. The van der Waals surface area contributed by atoms with E-state index in [1.165, 1.54) is 0 Å². The molecule has 1 unspecified atom stereocenters. The van der Waals surface area contributed by atoms with E-state index in [4.69, 9.17) is 0 Å². The fraction of sp³-hybridized carbons (Fsp3) is 0.267. The first-order valence-corrected chi connectivity index (χ1v) is 7.33. The van der Waals surface area contributed by atoms with Crippen LogP contribution in [0.25, 0.3) is 5.52 Å². The molecule has 2 N–H and O–H groups in total. The van der Waals surface area contributed by atoms with Gasteiger partial charge >= 0.3 is 6.03 Å². The van der Waals surface area contributed by atoms with Crippen LogP contribution >= 0.6 is 0 Å². The van der Waals surface area contributed by atoms with Gasteiger partial charge < -0.3 is 5.32 Å². The fourth-order valence-corrected chi connectivity index (χ4v) is 2.87. The topological polar surface area (TPSA) is 76.2 Å². The molecule has 0 saturated heterocycles. The third-order valence-electron chi connectivity index (χ3n) is 3.89. The molecule has 112 valence electrons. The Morgan fingerprint density at radius 2 is 2.27 bits per heavy atom. The Bertz CT molecular complexity index is 787. The maximum Gasteiger partial charge on any atom is 0.320 e. The molecule has 7 heteroatoms. The van der Waals surface area contributed by atoms with Gasteiger partial charge in [0.05, 0.1) is 17.3 Å². The van der Waals surface area contributed by atoms with Gasteiger partial charge in [0, 0.05) is 25.0 Å². The molecule has 0 fully saturated rings. The number of aromatic nitrogens is 4. The summed E-state index contributed by atoms with van der Waals surface area (Å²) >= 11 is 0. The van der Waals surface area contributed by atoms with Crippen molar-refractivity contribution in [2.75, 3.05) is 5.32 Å². The molecular formula is C15H16N6O. The Hall–Kier alpha value is -2.83. The predicted octanol–water partition coefficient (Wildman–Crippen LogP) is 2.19. The van der Waals surface area contributed by atoms with Crippen LogP contribution in [-0.4, -0.2) is 25.4 Å². The summed E-state index contributed by atoms with van der Waals surface area (Å²) in [5.74, 6) is 0.535. The van der Waals surface area contributed by atoms with E-state index in [0.29, 0.717) is 5.82 Å². The first-order valence-electron chi connectivity index (χ1n) is 7.33. The van der Waals surface area contributed by atoms with E-state index in [2.05, 4.69) is 20.8 Å². The van der Waals surface area contributed by atoms with Gasteiger partial charge in [-0.25, -0.2) is 9.31 Å². The van der Waals surface area contributed by atoms with E-state index in [1.54, 1.807) is 10.7 Å². The van der Waals surface area contributed by atoms with Crippen molar-refractivity contribution in [1.82, 2.24) is 24.7 Å². The lowest BCUT2D eigenvalue weighted by Gasteiger charge is -2.24. The molecule has 0 bridgehead atoms. The first-order chi connectivity index (χ1) is 10.8. The molecule has 4 heterocycles. The van der Waals surface area contributed by atoms with Crippen molar-refractivity contribution in [3.05, 3.63) is 48.4 Å². The third kappa shape index (κ3) is 2.30. The summed E-state index contributed by atoms with van der Waals surface area (Å²) in [4.78, 5) is 12.2. The number of nitrogens with zero attached hydrogens (tertiary/aromatic N) is 4. The highest BCUT2D eigenvalue weighted by Crippen LogP contribution is 2.24. The molecule has 4 rings (SSSR count). The van der Waals surface area contributed by atoms with Gasteiger partial charge in [0.15, 0.2) is 5.82 Å². The van der Waals surface area contributed by atoms with Crippen molar-refractivity contribution in [1.29, 1.82) is 0 Å². The molecule has 0 aliphatic carbocycles. The smallest absolute Gasteiger partial charge is 0.320 e. The van der Waals surface area contributed by atoms with Crippen LogP contribution in [0.5, 0.6) is 0 Å². The van der Waals surface area contributed by atoms with E-state index in [-0.39, 0.29) is 12.1 Å². The van der Waals surface area contributed by atoms with Crippen molar-refractivity contribution in [3.8, 4) is 0 Å². The van der Waals surface area contributed by atoms with Crippen LogP contribution in [0.2, 0.25) is 0 Å². The van der Waals surface area contributed by atoms with E-state index in [9.17, 15) is 4.79 Å². The molecule has 1 aliphatic heterocycles. The summed E-state index contributed by atoms with van der Waals surface area (Å²) in [5.41, 5.74) is 1.99. The van der Waals surface area contributed by atoms with Crippen LogP contribution in [0.4, 0.5) is 10.6 Å². The Morgan fingerprint density at radius 1 is 1.32 bits per heavy atom. The minimum Gasteiger partial charge on any atom is -0.329 e. The molecule has 22 heavy (non-hydrogen) atoms. The van der Waals surface area contributed by atoms with Crippen LogP contribution in [0.3, 0.4) is 0 Å². The molecule has 0 aromatic carbocycles. The lowest BCUT2D eigenvalue weighted by molar-refractivity contribution is 0.244. The second-order valence-corrected chi connectivity index (χ2v) is 5.37. The SMILES string of the molecule is O=C(Nc1cc2ccccn2n1)NC1CCCn2nccc21. The van der Waals surface area contributed by atoms with E-state index in [1.807, 2.05) is 41.2 Å². The van der Waals surface area contributed by atoms with E-state index >= 15 is 0 Å². The van der Waals surface area contributed by atoms with Crippen LogP contribution in [0, 0.1) is 0 Å². The van der Waals surface area contributed by atoms with Crippen molar-refractivity contribution in [2.24, 2.45) is 0 Å². The molecule has 0 spiro atoms. The number of aryl methyl sites for hydroxylation is 1. The number of hydrogen-bond donors (Lipinski definition) is 2. The molecule has 7 nitrogen and oxygen atoms in total. The number of nitrogens with one attached hydrogen (secondary N) is 2. The van der Waals surface area contributed by atoms with Crippen molar-refractivity contribution in [2.45, 2.75) is 25.4 Å². The number of fused-ring (bicyclic) bond motifs is 2. The van der Waals surface area contributed by atoms with Crippen molar-refractivity contribution >= 4 is 17.4 Å². The predicted molar refractivity (Wildman–Crippen MR) is 81.5 cm³/mol. The summed E-state index contributed by atoms with van der Waals surface area (Å²) < 4.78 is 3.67. The Balaban J connectivity index is 1.47. The average molecular weight is 296 g/mol. The maximum atomic E-state index is 12.2. The van der Waals surface area contributed by atoms with Crippen molar-refractivity contribution < 1.29 is 4.79 Å². The summed E-state index contributed by atoms with van der Waals surface area (Å²) in [6.45, 7) is 0.911. The summed E-state index contributed by atoms with van der Waals surface area (Å²) in [7, 11) is 0. The number of carbonyl (C=O) groups excluding carboxylic acids is 1. The van der Waals surface area contributed by atoms with Gasteiger partial charge in [-0.05, 0) is 31.0 Å². The zero-order valence-electron chi connectivity index (χ0n) is 11.9. The Morgan fingerprint density at radius 3 is 3.18 bits per heavy atom. The molecule has 0 radical (unpaired) electrons. The number of pyridine rings is 1. The second-order valence-electron chi connectivity index (χ2n) is 5.37. The van der Waals surface area contributed by atoms with Crippen molar-refractivity contribution in [3.63, 3.8) is 0 Å². The monoisotopic (exact) mass is 296 g/mol. The average Bonchev–Trinajstić information content (AvgIpc) is 3.12. The van der Waals surface area contributed by atoms with Gasteiger partial charge in [-0.3, -0.25) is 10.00 Å². The Labute approximate surface area is 126 Å².